The van der Waals surface area contributed by atoms with Gasteiger partial charge in [-0.25, -0.2) is 0 Å². The lowest BCUT2D eigenvalue weighted by molar-refractivity contribution is 0.414. The third-order valence-electron chi connectivity index (χ3n) is 1.60. The van der Waals surface area contributed by atoms with Gasteiger partial charge < -0.3 is 15.3 Å². The lowest BCUT2D eigenvalue weighted by atomic mass is 10.0. The van der Waals surface area contributed by atoms with Crippen molar-refractivity contribution in [2.24, 2.45) is 5.92 Å². The normalized spacial score (nSPS) is 10.2. The highest BCUT2D eigenvalue weighted by atomic mass is 16.5. The van der Waals surface area contributed by atoms with Crippen LogP contribution in [0.5, 0.6) is 0 Å². The first-order chi connectivity index (χ1) is 5.66. The van der Waals surface area contributed by atoms with Crippen LogP contribution in [0, 0.1) is 16.7 Å². The Labute approximate surface area is 70.6 Å². The van der Waals surface area contributed by atoms with Crippen LogP contribution in [-0.4, -0.2) is 17.1 Å². The zero-order valence-electron chi connectivity index (χ0n) is 7.09. The predicted octanol–water partition coefficient (Wildman–Crippen LogP) is 1.70. The maximum atomic E-state index is 7.64. The third-order valence-corrected chi connectivity index (χ3v) is 1.60. The highest BCUT2D eigenvalue weighted by Crippen LogP contribution is 2.11. The van der Waals surface area contributed by atoms with Crippen molar-refractivity contribution in [3.05, 3.63) is 17.5 Å². The first-order valence-corrected chi connectivity index (χ1v) is 3.70. The van der Waals surface area contributed by atoms with Crippen LogP contribution >= 0.6 is 0 Å². The van der Waals surface area contributed by atoms with Gasteiger partial charge in [-0.1, -0.05) is 19.0 Å². The van der Waals surface area contributed by atoms with Gasteiger partial charge in [0.25, 0.3) is 0 Å². The summed E-state index contributed by atoms with van der Waals surface area (Å²) in [7, 11) is 0. The van der Waals surface area contributed by atoms with Crippen molar-refractivity contribution >= 4 is 11.9 Å². The molecule has 0 aliphatic heterocycles. The van der Waals surface area contributed by atoms with Gasteiger partial charge in [0.05, 0.1) is 18.0 Å². The smallest absolute Gasteiger partial charge is 0.186 e. The molecule has 0 fully saturated rings. The molecule has 1 aromatic rings. The summed E-state index contributed by atoms with van der Waals surface area (Å²) in [6.45, 7) is 3.84. The molecule has 0 amide bonds. The molecule has 0 aliphatic rings. The van der Waals surface area contributed by atoms with Crippen LogP contribution in [0.25, 0.3) is 0 Å². The molecule has 0 saturated heterocycles. The van der Waals surface area contributed by atoms with Gasteiger partial charge in [-0.3, -0.25) is 0 Å². The first-order valence-electron chi connectivity index (χ1n) is 3.70. The summed E-state index contributed by atoms with van der Waals surface area (Å²) >= 11 is 0. The fraction of sp³-hybridized carbons (Fsp3) is 0.375. The van der Waals surface area contributed by atoms with Gasteiger partial charge in [0.1, 0.15) is 0 Å². The minimum absolute atomic E-state index is 0.128. The van der Waals surface area contributed by atoms with Crippen LogP contribution in [-0.2, 0) is 0 Å². The molecule has 0 aromatic carbocycles. The summed E-state index contributed by atoms with van der Waals surface area (Å²) in [4.78, 5) is 0. The number of hydrogen-bond donors (Lipinski definition) is 2. The van der Waals surface area contributed by atoms with Gasteiger partial charge in [-0.05, 0) is 5.92 Å². The van der Waals surface area contributed by atoms with Gasteiger partial charge in [0.15, 0.2) is 5.76 Å². The maximum Gasteiger partial charge on any atom is 0.186 e. The van der Waals surface area contributed by atoms with Crippen LogP contribution in [0.2, 0.25) is 0 Å². The van der Waals surface area contributed by atoms with E-state index in [1.54, 1.807) is 0 Å². The molecule has 1 aromatic heterocycles. The van der Waals surface area contributed by atoms with Crippen molar-refractivity contribution in [3.8, 4) is 0 Å². The quantitative estimate of drug-likeness (QED) is 0.669. The molecular weight excluding hydrogens is 154 g/mol. The molecule has 0 radical (unpaired) electrons. The maximum absolute atomic E-state index is 7.64. The van der Waals surface area contributed by atoms with Crippen molar-refractivity contribution in [1.29, 1.82) is 10.8 Å². The van der Waals surface area contributed by atoms with E-state index in [0.717, 1.165) is 6.21 Å². The summed E-state index contributed by atoms with van der Waals surface area (Å²) in [6, 6.07) is 0. The van der Waals surface area contributed by atoms with Gasteiger partial charge in [0.2, 0.25) is 0 Å². The molecule has 12 heavy (non-hydrogen) atoms. The molecule has 0 aliphatic carbocycles. The van der Waals surface area contributed by atoms with Gasteiger partial charge in [0, 0.05) is 5.71 Å². The van der Waals surface area contributed by atoms with Gasteiger partial charge >= 0.3 is 0 Å². The van der Waals surface area contributed by atoms with E-state index in [4.69, 9.17) is 15.3 Å². The Hall–Kier alpha value is -1.45. The molecular formula is C8H11N3O. The molecule has 64 valence electrons. The summed E-state index contributed by atoms with van der Waals surface area (Å²) < 4.78 is 4.75. The van der Waals surface area contributed by atoms with Gasteiger partial charge in [-0.15, -0.1) is 0 Å². The van der Waals surface area contributed by atoms with E-state index in [-0.39, 0.29) is 5.92 Å². The largest absolute Gasteiger partial charge is 0.355 e. The predicted molar refractivity (Wildman–Crippen MR) is 46.1 cm³/mol. The molecule has 0 saturated carbocycles. The highest BCUT2D eigenvalue weighted by molar-refractivity contribution is 6.04. The van der Waals surface area contributed by atoms with E-state index in [9.17, 15) is 0 Å². The van der Waals surface area contributed by atoms with Crippen molar-refractivity contribution in [3.63, 3.8) is 0 Å². The highest BCUT2D eigenvalue weighted by Gasteiger charge is 2.13. The van der Waals surface area contributed by atoms with E-state index in [1.807, 2.05) is 13.8 Å². The average molecular weight is 165 g/mol. The van der Waals surface area contributed by atoms with Gasteiger partial charge in [-0.2, -0.15) is 0 Å². The minimum atomic E-state index is 0.128. The Morgan fingerprint density at radius 1 is 1.67 bits per heavy atom. The van der Waals surface area contributed by atoms with Crippen molar-refractivity contribution in [2.45, 2.75) is 13.8 Å². The van der Waals surface area contributed by atoms with Crippen LogP contribution in [0.15, 0.2) is 10.7 Å². The van der Waals surface area contributed by atoms with Crippen LogP contribution in [0.3, 0.4) is 0 Å². The van der Waals surface area contributed by atoms with E-state index in [1.165, 1.54) is 6.20 Å². The number of nitrogens with zero attached hydrogens (tertiary/aromatic N) is 1. The second kappa shape index (κ2) is 3.30. The van der Waals surface area contributed by atoms with Crippen LogP contribution in [0.1, 0.15) is 25.2 Å². The molecule has 1 heterocycles. The SMILES string of the molecule is CC(C)C(=N)c1cnoc1C=N. The topological polar surface area (TPSA) is 73.7 Å². The lowest BCUT2D eigenvalue weighted by Crippen LogP contribution is -2.08. The fourth-order valence-electron chi connectivity index (χ4n) is 0.866. The Morgan fingerprint density at radius 2 is 2.33 bits per heavy atom. The van der Waals surface area contributed by atoms with E-state index < -0.39 is 0 Å². The monoisotopic (exact) mass is 165 g/mol. The summed E-state index contributed by atoms with van der Waals surface area (Å²) in [5.74, 6) is 0.483. The first kappa shape index (κ1) is 8.64. The summed E-state index contributed by atoms with van der Waals surface area (Å²) in [5.41, 5.74) is 1.06. The molecule has 0 spiro atoms. The number of aromatic nitrogens is 1. The molecule has 4 heteroatoms. The van der Waals surface area contributed by atoms with Crippen molar-refractivity contribution in [2.75, 3.05) is 0 Å². The standard InChI is InChI=1S/C8H11N3O/c1-5(2)8(10)6-4-11-12-7(6)3-9/h3-5,9-10H,1-2H3. The number of nitrogens with one attached hydrogen (secondary N) is 2. The number of hydrogen-bond acceptors (Lipinski definition) is 4. The van der Waals surface area contributed by atoms with Crippen LogP contribution < -0.4 is 0 Å². The average Bonchev–Trinajstić information content (AvgIpc) is 2.49. The number of rotatable bonds is 3. The summed E-state index contributed by atoms with van der Waals surface area (Å²) in [5, 5.41) is 18.2. The Bertz CT molecular complexity index is 301. The zero-order valence-corrected chi connectivity index (χ0v) is 7.09. The van der Waals surface area contributed by atoms with E-state index >= 15 is 0 Å². The minimum Gasteiger partial charge on any atom is -0.355 e. The summed E-state index contributed by atoms with van der Waals surface area (Å²) in [6.07, 6.45) is 2.54. The molecule has 0 bridgehead atoms. The van der Waals surface area contributed by atoms with E-state index in [0.29, 0.717) is 17.0 Å². The molecule has 4 nitrogen and oxygen atoms in total. The molecule has 2 N–H and O–H groups in total. The fourth-order valence-corrected chi connectivity index (χ4v) is 0.866. The Morgan fingerprint density at radius 3 is 2.83 bits per heavy atom. The van der Waals surface area contributed by atoms with Crippen molar-refractivity contribution in [1.82, 2.24) is 5.16 Å². The second-order valence-electron chi connectivity index (χ2n) is 2.82. The Balaban J connectivity index is 3.01. The third kappa shape index (κ3) is 1.42. The zero-order chi connectivity index (χ0) is 9.14. The molecule has 0 atom stereocenters. The van der Waals surface area contributed by atoms with Crippen LogP contribution in [0.4, 0.5) is 0 Å². The van der Waals surface area contributed by atoms with E-state index in [2.05, 4.69) is 5.16 Å². The molecule has 0 unspecified atom stereocenters. The lowest BCUT2D eigenvalue weighted by Gasteiger charge is -2.03. The molecule has 1 rings (SSSR count). The Kier molecular flexibility index (Phi) is 2.38. The second-order valence-corrected chi connectivity index (χ2v) is 2.82. The van der Waals surface area contributed by atoms with Crippen molar-refractivity contribution < 1.29 is 4.52 Å².